The molecule has 11 heteroatoms. The lowest BCUT2D eigenvalue weighted by Crippen LogP contribution is -2.13. The molecule has 0 saturated heterocycles. The fraction of sp³-hybridized carbons (Fsp3) is 0.100. The minimum atomic E-state index is -0.665. The van der Waals surface area contributed by atoms with Crippen molar-refractivity contribution in [1.82, 2.24) is 29.1 Å². The summed E-state index contributed by atoms with van der Waals surface area (Å²) in [6.45, 7) is 3.14. The minimum absolute atomic E-state index is 0.330. The number of rotatable bonds is 7. The average molecular weight is 548 g/mol. The van der Waals surface area contributed by atoms with Gasteiger partial charge < -0.3 is 20.9 Å². The van der Waals surface area contributed by atoms with Gasteiger partial charge in [-0.1, -0.05) is 18.2 Å². The van der Waals surface area contributed by atoms with Crippen molar-refractivity contribution in [3.63, 3.8) is 0 Å². The molecule has 0 aliphatic rings. The van der Waals surface area contributed by atoms with E-state index in [1.54, 1.807) is 47.3 Å². The number of alkyl halides is 1. The van der Waals surface area contributed by atoms with Gasteiger partial charge in [0.1, 0.15) is 24.6 Å². The van der Waals surface area contributed by atoms with Crippen LogP contribution >= 0.6 is 0 Å². The zero-order valence-corrected chi connectivity index (χ0v) is 22.3. The summed E-state index contributed by atoms with van der Waals surface area (Å²) >= 11 is 0. The molecule has 0 aliphatic carbocycles. The van der Waals surface area contributed by atoms with E-state index in [2.05, 4.69) is 25.6 Å². The Morgan fingerprint density at radius 3 is 2.63 bits per heavy atom. The Bertz CT molecular complexity index is 1910. The Morgan fingerprint density at radius 2 is 1.85 bits per heavy atom. The van der Waals surface area contributed by atoms with E-state index in [4.69, 9.17) is 10.7 Å². The average Bonchev–Trinajstić information content (AvgIpc) is 3.57. The van der Waals surface area contributed by atoms with E-state index in [0.717, 1.165) is 22.3 Å². The van der Waals surface area contributed by atoms with Gasteiger partial charge in [0, 0.05) is 34.9 Å². The van der Waals surface area contributed by atoms with E-state index in [-0.39, 0.29) is 5.91 Å². The van der Waals surface area contributed by atoms with Crippen molar-refractivity contribution in [2.24, 2.45) is 0 Å². The number of halogens is 1. The summed E-state index contributed by atoms with van der Waals surface area (Å²) in [7, 11) is 0. The molecule has 0 atom stereocenters. The summed E-state index contributed by atoms with van der Waals surface area (Å²) in [4.78, 5) is 30.7. The molecule has 0 bridgehead atoms. The summed E-state index contributed by atoms with van der Waals surface area (Å²) in [5.74, 6) is 1.04. The Hall–Kier alpha value is -5.58. The second kappa shape index (κ2) is 10.5. The molecule has 0 saturated carbocycles. The predicted octanol–water partition coefficient (Wildman–Crippen LogP) is 5.67. The van der Waals surface area contributed by atoms with Crippen molar-refractivity contribution >= 4 is 40.1 Å². The van der Waals surface area contributed by atoms with Crippen LogP contribution in [0.1, 0.15) is 27.2 Å². The Morgan fingerprint density at radius 1 is 1.00 bits per heavy atom. The van der Waals surface area contributed by atoms with E-state index in [0.29, 0.717) is 45.8 Å². The maximum atomic E-state index is 13.7. The van der Waals surface area contributed by atoms with Crippen LogP contribution in [0.3, 0.4) is 0 Å². The third kappa shape index (κ3) is 5.20. The van der Waals surface area contributed by atoms with Gasteiger partial charge in [0.2, 0.25) is 5.95 Å². The number of para-hydroxylation sites is 2. The molecule has 6 rings (SSSR count). The predicted molar refractivity (Wildman–Crippen MR) is 157 cm³/mol. The zero-order valence-electron chi connectivity index (χ0n) is 22.3. The zero-order chi connectivity index (χ0) is 28.5. The van der Waals surface area contributed by atoms with Gasteiger partial charge in [-0.3, -0.25) is 9.36 Å². The van der Waals surface area contributed by atoms with Crippen molar-refractivity contribution in [1.29, 1.82) is 0 Å². The van der Waals surface area contributed by atoms with Gasteiger partial charge in [0.25, 0.3) is 5.91 Å². The first-order valence-corrected chi connectivity index (χ1v) is 12.8. The van der Waals surface area contributed by atoms with E-state index in [9.17, 15) is 9.18 Å². The van der Waals surface area contributed by atoms with Gasteiger partial charge >= 0.3 is 0 Å². The number of carbonyl (C=O) groups excluding carboxylic acids is 1. The van der Waals surface area contributed by atoms with Gasteiger partial charge in [0.15, 0.2) is 0 Å². The highest BCUT2D eigenvalue weighted by Gasteiger charge is 2.16. The highest BCUT2D eigenvalue weighted by atomic mass is 19.1. The molecule has 0 spiro atoms. The molecule has 0 unspecified atom stereocenters. The number of fused-ring (bicyclic) bond motifs is 1. The van der Waals surface area contributed by atoms with E-state index >= 15 is 0 Å². The SMILES string of the molecule is Cc1cn(-c2cc(CF)cc(NC(=O)c3ccc(C)c(Nc4nc5ccccc5n4-c4cc(N)ncn4)c3)c2)cn1. The number of nitrogen functional groups attached to an aromatic ring is 1. The number of carbonyl (C=O) groups is 1. The lowest BCUT2D eigenvalue weighted by Gasteiger charge is -2.14. The Labute approximate surface area is 234 Å². The third-order valence-electron chi connectivity index (χ3n) is 6.61. The fourth-order valence-corrected chi connectivity index (χ4v) is 4.58. The van der Waals surface area contributed by atoms with Crippen LogP contribution in [0.15, 0.2) is 85.6 Å². The van der Waals surface area contributed by atoms with Gasteiger partial charge in [-0.2, -0.15) is 0 Å². The van der Waals surface area contributed by atoms with E-state index in [1.165, 1.54) is 6.33 Å². The molecule has 0 fully saturated rings. The number of nitrogens with two attached hydrogens (primary N) is 1. The van der Waals surface area contributed by atoms with Gasteiger partial charge in [-0.15, -0.1) is 0 Å². The molecule has 3 aromatic carbocycles. The first-order chi connectivity index (χ1) is 19.9. The number of aryl methyl sites for hydroxylation is 2. The standard InChI is InChI=1S/C30H26FN9O/c1-18-7-8-21(29(41)36-22-9-20(14-31)10-23(12-22)39-15-19(2)35-17-39)11-25(18)38-30-37-24-5-3-4-6-26(24)40(30)28-13-27(32)33-16-34-28/h3-13,15-17H,14H2,1-2H3,(H,36,41)(H,37,38)(H2,32,33,34). The van der Waals surface area contributed by atoms with Crippen LogP contribution in [-0.4, -0.2) is 35.0 Å². The number of hydrogen-bond donors (Lipinski definition) is 3. The maximum absolute atomic E-state index is 13.7. The van der Waals surface area contributed by atoms with Crippen LogP contribution in [0.5, 0.6) is 0 Å². The van der Waals surface area contributed by atoms with Crippen LogP contribution in [0.2, 0.25) is 0 Å². The summed E-state index contributed by atoms with van der Waals surface area (Å²) in [5, 5.41) is 6.28. The third-order valence-corrected chi connectivity index (χ3v) is 6.61. The number of nitrogens with one attached hydrogen (secondary N) is 2. The van der Waals surface area contributed by atoms with Crippen molar-refractivity contribution in [2.45, 2.75) is 20.5 Å². The largest absolute Gasteiger partial charge is 0.384 e. The molecule has 10 nitrogen and oxygen atoms in total. The maximum Gasteiger partial charge on any atom is 0.255 e. The second-order valence-corrected chi connectivity index (χ2v) is 9.61. The minimum Gasteiger partial charge on any atom is -0.384 e. The Kier molecular flexibility index (Phi) is 6.60. The lowest BCUT2D eigenvalue weighted by molar-refractivity contribution is 0.102. The topological polar surface area (TPSA) is 129 Å². The second-order valence-electron chi connectivity index (χ2n) is 9.61. The number of aromatic nitrogens is 6. The van der Waals surface area contributed by atoms with Crippen LogP contribution < -0.4 is 16.4 Å². The smallest absolute Gasteiger partial charge is 0.255 e. The molecular weight excluding hydrogens is 521 g/mol. The molecule has 3 heterocycles. The summed E-state index contributed by atoms with van der Waals surface area (Å²) < 4.78 is 17.3. The van der Waals surface area contributed by atoms with Crippen LogP contribution in [0.25, 0.3) is 22.5 Å². The number of imidazole rings is 2. The number of anilines is 4. The highest BCUT2D eigenvalue weighted by Crippen LogP contribution is 2.29. The van der Waals surface area contributed by atoms with Crippen molar-refractivity contribution in [2.75, 3.05) is 16.4 Å². The molecule has 0 radical (unpaired) electrons. The van der Waals surface area contributed by atoms with E-state index in [1.807, 2.05) is 54.9 Å². The van der Waals surface area contributed by atoms with Crippen molar-refractivity contribution < 1.29 is 9.18 Å². The molecule has 0 aliphatic heterocycles. The summed E-state index contributed by atoms with van der Waals surface area (Å²) in [6, 6.07) is 19.8. The number of benzene rings is 3. The molecule has 1 amide bonds. The number of amides is 1. The van der Waals surface area contributed by atoms with Gasteiger partial charge in [-0.05, 0) is 67.4 Å². The van der Waals surface area contributed by atoms with Crippen molar-refractivity contribution in [3.8, 4) is 11.5 Å². The van der Waals surface area contributed by atoms with Crippen LogP contribution in [-0.2, 0) is 6.67 Å². The first kappa shape index (κ1) is 25.7. The van der Waals surface area contributed by atoms with Gasteiger partial charge in [-0.25, -0.2) is 24.3 Å². The van der Waals surface area contributed by atoms with Crippen LogP contribution in [0, 0.1) is 13.8 Å². The molecule has 204 valence electrons. The molecular formula is C30H26FN9O. The quantitative estimate of drug-likeness (QED) is 0.235. The summed E-state index contributed by atoms with van der Waals surface area (Å²) in [5.41, 5.74) is 12.0. The highest BCUT2D eigenvalue weighted by molar-refractivity contribution is 6.05. The first-order valence-electron chi connectivity index (χ1n) is 12.8. The molecule has 41 heavy (non-hydrogen) atoms. The van der Waals surface area contributed by atoms with Crippen LogP contribution in [0.4, 0.5) is 27.5 Å². The molecule has 6 aromatic rings. The normalized spacial score (nSPS) is 11.1. The molecule has 4 N–H and O–H groups in total. The number of nitrogens with zero attached hydrogens (tertiary/aromatic N) is 6. The molecule has 3 aromatic heterocycles. The number of hydrogen-bond acceptors (Lipinski definition) is 7. The monoisotopic (exact) mass is 547 g/mol. The lowest BCUT2D eigenvalue weighted by atomic mass is 10.1. The van der Waals surface area contributed by atoms with Crippen molar-refractivity contribution in [3.05, 3.63) is 108 Å². The van der Waals surface area contributed by atoms with E-state index < -0.39 is 6.67 Å². The fourth-order valence-electron chi connectivity index (χ4n) is 4.58. The van der Waals surface area contributed by atoms with Gasteiger partial charge in [0.05, 0.1) is 23.1 Å². The summed E-state index contributed by atoms with van der Waals surface area (Å²) in [6.07, 6.45) is 4.89. The Balaban J connectivity index is 1.32.